The summed E-state index contributed by atoms with van der Waals surface area (Å²) >= 11 is 0. The highest BCUT2D eigenvalue weighted by molar-refractivity contribution is 5.75. The fourth-order valence-electron chi connectivity index (χ4n) is 2.77. The zero-order valence-corrected chi connectivity index (χ0v) is 12.2. The van der Waals surface area contributed by atoms with Gasteiger partial charge < -0.3 is 15.3 Å². The fourth-order valence-corrected chi connectivity index (χ4v) is 2.77. The Labute approximate surface area is 124 Å². The number of urea groups is 1. The van der Waals surface area contributed by atoms with Crippen LogP contribution in [-0.4, -0.2) is 28.1 Å². The predicted octanol–water partition coefficient (Wildman–Crippen LogP) is 3.00. The van der Waals surface area contributed by atoms with Gasteiger partial charge in [0, 0.05) is 18.6 Å². The maximum absolute atomic E-state index is 13.3. The van der Waals surface area contributed by atoms with Gasteiger partial charge >= 0.3 is 6.03 Å². The summed E-state index contributed by atoms with van der Waals surface area (Å²) in [5.74, 6) is -0.387. The molecule has 21 heavy (non-hydrogen) atoms. The molecule has 0 aromatic heterocycles. The van der Waals surface area contributed by atoms with Crippen LogP contribution in [0.25, 0.3) is 0 Å². The molecule has 0 spiro atoms. The third-order valence-electron chi connectivity index (χ3n) is 4.37. The first-order chi connectivity index (χ1) is 10.1. The number of benzene rings is 1. The lowest BCUT2D eigenvalue weighted by atomic mass is 10.2. The quantitative estimate of drug-likeness (QED) is 0.876. The first-order valence-electron chi connectivity index (χ1n) is 7.60. The minimum absolute atomic E-state index is 0.0645. The number of hydrogen-bond acceptors (Lipinski definition) is 2. The van der Waals surface area contributed by atoms with Crippen LogP contribution in [-0.2, 0) is 6.54 Å². The van der Waals surface area contributed by atoms with Crippen molar-refractivity contribution < 1.29 is 14.3 Å². The number of nitrogens with zero attached hydrogens (tertiary/aromatic N) is 1. The van der Waals surface area contributed by atoms with E-state index < -0.39 is 5.82 Å². The Balaban J connectivity index is 1.60. The first kappa shape index (κ1) is 14.2. The fraction of sp³-hybridized carbons (Fsp3) is 0.562. The van der Waals surface area contributed by atoms with Crippen molar-refractivity contribution in [3.8, 4) is 5.75 Å². The molecule has 2 N–H and O–H groups in total. The smallest absolute Gasteiger partial charge is 0.318 e. The number of phenolic OH excluding ortho intramolecular Hbond substituents is 1. The lowest BCUT2D eigenvalue weighted by molar-refractivity contribution is 0.166. The summed E-state index contributed by atoms with van der Waals surface area (Å²) < 4.78 is 13.3. The van der Waals surface area contributed by atoms with Gasteiger partial charge in [-0.15, -0.1) is 0 Å². The molecule has 2 amide bonds. The average Bonchev–Trinajstić information content (AvgIpc) is 3.32. The monoisotopic (exact) mass is 292 g/mol. The molecule has 1 aromatic rings. The van der Waals surface area contributed by atoms with Crippen LogP contribution in [0.2, 0.25) is 0 Å². The number of aromatic hydroxyl groups is 1. The van der Waals surface area contributed by atoms with Gasteiger partial charge in [0.1, 0.15) is 0 Å². The zero-order valence-electron chi connectivity index (χ0n) is 12.2. The largest absolute Gasteiger partial charge is 0.505 e. The SMILES string of the molecule is CC(C1CC1)N(C(=O)NCc1ccc(O)c(F)c1)C1CC1. The van der Waals surface area contributed by atoms with Crippen LogP contribution in [0.3, 0.4) is 0 Å². The molecule has 0 radical (unpaired) electrons. The summed E-state index contributed by atoms with van der Waals surface area (Å²) in [7, 11) is 0. The number of rotatable bonds is 5. The topological polar surface area (TPSA) is 52.6 Å². The van der Waals surface area contributed by atoms with Crippen LogP contribution in [0.15, 0.2) is 18.2 Å². The van der Waals surface area contributed by atoms with E-state index in [0.29, 0.717) is 17.5 Å². The molecule has 2 saturated carbocycles. The van der Waals surface area contributed by atoms with Crippen LogP contribution in [0.5, 0.6) is 5.75 Å². The van der Waals surface area contributed by atoms with Gasteiger partial charge in [-0.2, -0.15) is 0 Å². The molecule has 5 heteroatoms. The van der Waals surface area contributed by atoms with E-state index in [9.17, 15) is 9.18 Å². The maximum atomic E-state index is 13.3. The second-order valence-corrected chi connectivity index (χ2v) is 6.16. The Morgan fingerprint density at radius 3 is 2.71 bits per heavy atom. The Morgan fingerprint density at radius 1 is 1.43 bits per heavy atom. The normalized spacial score (nSPS) is 19.1. The third-order valence-corrected chi connectivity index (χ3v) is 4.37. The molecule has 2 fully saturated rings. The number of halogens is 1. The van der Waals surface area contributed by atoms with Crippen molar-refractivity contribution in [2.75, 3.05) is 0 Å². The summed E-state index contributed by atoms with van der Waals surface area (Å²) in [4.78, 5) is 14.4. The summed E-state index contributed by atoms with van der Waals surface area (Å²) in [6.07, 6.45) is 4.58. The number of nitrogens with one attached hydrogen (secondary N) is 1. The number of carbonyl (C=O) groups excluding carboxylic acids is 1. The summed E-state index contributed by atoms with van der Waals surface area (Å²) in [5, 5.41) is 12.0. The van der Waals surface area contributed by atoms with Crippen molar-refractivity contribution in [3.05, 3.63) is 29.6 Å². The third kappa shape index (κ3) is 3.28. The molecule has 114 valence electrons. The molecular weight excluding hydrogens is 271 g/mol. The zero-order chi connectivity index (χ0) is 15.0. The highest BCUT2D eigenvalue weighted by Gasteiger charge is 2.41. The van der Waals surface area contributed by atoms with Crippen molar-refractivity contribution in [2.45, 2.75) is 51.2 Å². The van der Waals surface area contributed by atoms with Crippen LogP contribution in [0.4, 0.5) is 9.18 Å². The van der Waals surface area contributed by atoms with Gasteiger partial charge in [0.25, 0.3) is 0 Å². The first-order valence-corrected chi connectivity index (χ1v) is 7.60. The summed E-state index contributed by atoms with van der Waals surface area (Å²) in [6, 6.07) is 4.77. The molecule has 4 nitrogen and oxygen atoms in total. The van der Waals surface area contributed by atoms with Crippen molar-refractivity contribution in [2.24, 2.45) is 5.92 Å². The van der Waals surface area contributed by atoms with E-state index in [1.54, 1.807) is 6.07 Å². The lowest BCUT2D eigenvalue weighted by Gasteiger charge is -2.29. The van der Waals surface area contributed by atoms with Gasteiger partial charge in [0.15, 0.2) is 11.6 Å². The van der Waals surface area contributed by atoms with Crippen LogP contribution < -0.4 is 5.32 Å². The van der Waals surface area contributed by atoms with Gasteiger partial charge in [-0.05, 0) is 56.2 Å². The molecule has 0 saturated heterocycles. The van der Waals surface area contributed by atoms with Gasteiger partial charge in [-0.3, -0.25) is 0 Å². The van der Waals surface area contributed by atoms with E-state index in [0.717, 1.165) is 12.8 Å². The Kier molecular flexibility index (Phi) is 3.74. The van der Waals surface area contributed by atoms with E-state index in [2.05, 4.69) is 12.2 Å². The molecule has 3 rings (SSSR count). The van der Waals surface area contributed by atoms with Crippen molar-refractivity contribution >= 4 is 6.03 Å². The van der Waals surface area contributed by atoms with E-state index in [1.807, 2.05) is 4.90 Å². The van der Waals surface area contributed by atoms with Crippen molar-refractivity contribution in [1.82, 2.24) is 10.2 Å². The Bertz CT molecular complexity index is 541. The highest BCUT2D eigenvalue weighted by Crippen LogP contribution is 2.39. The standard InChI is InChI=1S/C16H21FN2O2/c1-10(12-3-4-12)19(13-5-6-13)16(21)18-9-11-2-7-15(20)14(17)8-11/h2,7-8,10,12-13,20H,3-6,9H2,1H3,(H,18,21). The molecule has 0 bridgehead atoms. The van der Waals surface area contributed by atoms with E-state index in [1.165, 1.54) is 25.0 Å². The average molecular weight is 292 g/mol. The maximum Gasteiger partial charge on any atom is 0.318 e. The summed E-state index contributed by atoms with van der Waals surface area (Å²) in [6.45, 7) is 2.40. The second kappa shape index (κ2) is 5.54. The van der Waals surface area contributed by atoms with Gasteiger partial charge in [-0.1, -0.05) is 6.07 Å². The van der Waals surface area contributed by atoms with Gasteiger partial charge in [-0.25, -0.2) is 9.18 Å². The molecular formula is C16H21FN2O2. The minimum Gasteiger partial charge on any atom is -0.505 e. The van der Waals surface area contributed by atoms with Crippen LogP contribution in [0, 0.1) is 11.7 Å². The second-order valence-electron chi connectivity index (χ2n) is 6.16. The number of carbonyl (C=O) groups is 1. The number of hydrogen-bond donors (Lipinski definition) is 2. The number of phenols is 1. The van der Waals surface area contributed by atoms with Gasteiger partial charge in [0.2, 0.25) is 0 Å². The van der Waals surface area contributed by atoms with E-state index >= 15 is 0 Å². The molecule has 0 heterocycles. The molecule has 1 atom stereocenters. The van der Waals surface area contributed by atoms with Gasteiger partial charge in [0.05, 0.1) is 0 Å². The molecule has 2 aliphatic rings. The Hall–Kier alpha value is -1.78. The molecule has 2 aliphatic carbocycles. The minimum atomic E-state index is -0.660. The van der Waals surface area contributed by atoms with Crippen molar-refractivity contribution in [3.63, 3.8) is 0 Å². The van der Waals surface area contributed by atoms with Crippen LogP contribution in [0.1, 0.15) is 38.2 Å². The molecule has 0 aliphatic heterocycles. The molecule has 1 unspecified atom stereocenters. The van der Waals surface area contributed by atoms with Crippen molar-refractivity contribution in [1.29, 1.82) is 0 Å². The number of amides is 2. The summed E-state index contributed by atoms with van der Waals surface area (Å²) in [5.41, 5.74) is 0.647. The predicted molar refractivity (Wildman–Crippen MR) is 77.3 cm³/mol. The molecule has 1 aromatic carbocycles. The van der Waals surface area contributed by atoms with E-state index in [4.69, 9.17) is 5.11 Å². The van der Waals surface area contributed by atoms with Crippen LogP contribution >= 0.6 is 0 Å². The highest BCUT2D eigenvalue weighted by atomic mass is 19.1. The van der Waals surface area contributed by atoms with E-state index in [-0.39, 0.29) is 24.4 Å². The lowest BCUT2D eigenvalue weighted by Crippen LogP contribution is -2.47. The Morgan fingerprint density at radius 2 is 2.14 bits per heavy atom.